The molecule has 0 aliphatic rings. The molecule has 0 fully saturated rings. The Morgan fingerprint density at radius 1 is 1.33 bits per heavy atom. The Balaban J connectivity index is 0.00000288. The number of aryl methyl sites for hydroxylation is 1. The fourth-order valence-electron chi connectivity index (χ4n) is 1.91. The molecular weight excluding hydrogens is 425 g/mol. The highest BCUT2D eigenvalue weighted by Gasteiger charge is 2.08. The number of guanidine groups is 1. The third-order valence-corrected chi connectivity index (χ3v) is 2.93. The Morgan fingerprint density at radius 2 is 2.12 bits per heavy atom. The SMILES string of the molecule is CCOc1ccc(NC(=NC)NCc2nc(C)no2)cc1OC.I. The van der Waals surface area contributed by atoms with Crippen LogP contribution in [-0.2, 0) is 6.54 Å². The lowest BCUT2D eigenvalue weighted by atomic mass is 10.2. The second kappa shape index (κ2) is 9.96. The highest BCUT2D eigenvalue weighted by atomic mass is 127. The van der Waals surface area contributed by atoms with Crippen molar-refractivity contribution >= 4 is 35.6 Å². The van der Waals surface area contributed by atoms with Gasteiger partial charge in [-0.15, -0.1) is 24.0 Å². The molecule has 2 N–H and O–H groups in total. The second-order valence-electron chi connectivity index (χ2n) is 4.58. The van der Waals surface area contributed by atoms with Crippen molar-refractivity contribution in [2.24, 2.45) is 4.99 Å². The number of nitrogens with zero attached hydrogens (tertiary/aromatic N) is 3. The van der Waals surface area contributed by atoms with Crippen molar-refractivity contribution in [3.63, 3.8) is 0 Å². The number of benzene rings is 1. The van der Waals surface area contributed by atoms with Crippen molar-refractivity contribution in [1.29, 1.82) is 0 Å². The van der Waals surface area contributed by atoms with E-state index in [4.69, 9.17) is 14.0 Å². The van der Waals surface area contributed by atoms with Crippen molar-refractivity contribution in [3.05, 3.63) is 29.9 Å². The van der Waals surface area contributed by atoms with Gasteiger partial charge in [0.2, 0.25) is 5.89 Å². The highest BCUT2D eigenvalue weighted by molar-refractivity contribution is 14.0. The van der Waals surface area contributed by atoms with Crippen LogP contribution in [-0.4, -0.2) is 36.9 Å². The predicted octanol–water partition coefficient (Wildman–Crippen LogP) is 2.59. The van der Waals surface area contributed by atoms with E-state index in [0.29, 0.717) is 42.3 Å². The number of aromatic nitrogens is 2. The van der Waals surface area contributed by atoms with E-state index in [-0.39, 0.29) is 24.0 Å². The van der Waals surface area contributed by atoms with E-state index >= 15 is 0 Å². The summed E-state index contributed by atoms with van der Waals surface area (Å²) in [4.78, 5) is 8.28. The van der Waals surface area contributed by atoms with Crippen LogP contribution in [0.4, 0.5) is 5.69 Å². The molecule has 1 heterocycles. The van der Waals surface area contributed by atoms with Gasteiger partial charge in [0, 0.05) is 18.8 Å². The van der Waals surface area contributed by atoms with E-state index in [2.05, 4.69) is 25.8 Å². The first-order chi connectivity index (χ1) is 11.2. The molecule has 2 rings (SSSR count). The molecule has 1 aromatic carbocycles. The van der Waals surface area contributed by atoms with E-state index in [0.717, 1.165) is 5.69 Å². The monoisotopic (exact) mass is 447 g/mol. The van der Waals surface area contributed by atoms with Crippen LogP contribution in [0.1, 0.15) is 18.6 Å². The maximum Gasteiger partial charge on any atom is 0.246 e. The number of methoxy groups -OCH3 is 1. The van der Waals surface area contributed by atoms with E-state index in [1.165, 1.54) is 0 Å². The van der Waals surface area contributed by atoms with Crippen LogP contribution < -0.4 is 20.1 Å². The Hall–Kier alpha value is -2.04. The molecule has 0 aliphatic carbocycles. The van der Waals surface area contributed by atoms with Gasteiger partial charge in [0.05, 0.1) is 20.3 Å². The minimum absolute atomic E-state index is 0. The minimum Gasteiger partial charge on any atom is -0.493 e. The van der Waals surface area contributed by atoms with Crippen LogP contribution in [0.25, 0.3) is 0 Å². The first kappa shape index (κ1) is 20.0. The molecule has 1 aromatic heterocycles. The zero-order chi connectivity index (χ0) is 16.7. The van der Waals surface area contributed by atoms with Crippen LogP contribution in [0, 0.1) is 6.92 Å². The van der Waals surface area contributed by atoms with Crippen LogP contribution in [0.5, 0.6) is 11.5 Å². The van der Waals surface area contributed by atoms with Crippen molar-refractivity contribution in [2.45, 2.75) is 20.4 Å². The summed E-state index contributed by atoms with van der Waals surface area (Å²) in [6.45, 7) is 4.66. The van der Waals surface area contributed by atoms with Gasteiger partial charge in [-0.1, -0.05) is 5.16 Å². The molecule has 132 valence electrons. The summed E-state index contributed by atoms with van der Waals surface area (Å²) in [6, 6.07) is 5.57. The molecule has 0 amide bonds. The second-order valence-corrected chi connectivity index (χ2v) is 4.58. The maximum atomic E-state index is 5.50. The van der Waals surface area contributed by atoms with Crippen LogP contribution >= 0.6 is 24.0 Å². The zero-order valence-corrected chi connectivity index (χ0v) is 16.5. The Labute approximate surface area is 158 Å². The molecule has 0 unspecified atom stereocenters. The number of anilines is 1. The van der Waals surface area contributed by atoms with E-state index in [1.807, 2.05) is 25.1 Å². The van der Waals surface area contributed by atoms with Crippen molar-refractivity contribution in [1.82, 2.24) is 15.5 Å². The number of halogens is 1. The minimum atomic E-state index is 0. The summed E-state index contributed by atoms with van der Waals surface area (Å²) in [6.07, 6.45) is 0. The number of hydrogen-bond donors (Lipinski definition) is 2. The number of rotatable bonds is 6. The topological polar surface area (TPSA) is 93.8 Å². The summed E-state index contributed by atoms with van der Waals surface area (Å²) in [5.41, 5.74) is 0.820. The molecule has 0 aliphatic heterocycles. The van der Waals surface area contributed by atoms with Gasteiger partial charge < -0.3 is 24.6 Å². The lowest BCUT2D eigenvalue weighted by Crippen LogP contribution is -2.30. The van der Waals surface area contributed by atoms with E-state index < -0.39 is 0 Å². The lowest BCUT2D eigenvalue weighted by Gasteiger charge is -2.13. The van der Waals surface area contributed by atoms with Gasteiger partial charge in [-0.25, -0.2) is 0 Å². The normalized spacial score (nSPS) is 10.8. The number of nitrogens with one attached hydrogen (secondary N) is 2. The number of aliphatic imine (C=N–C) groups is 1. The molecule has 0 spiro atoms. The van der Waals surface area contributed by atoms with Crippen molar-refractivity contribution in [3.8, 4) is 11.5 Å². The molecule has 0 bridgehead atoms. The van der Waals surface area contributed by atoms with E-state index in [9.17, 15) is 0 Å². The fourth-order valence-corrected chi connectivity index (χ4v) is 1.91. The summed E-state index contributed by atoms with van der Waals surface area (Å²) < 4.78 is 15.9. The van der Waals surface area contributed by atoms with Gasteiger partial charge in [-0.2, -0.15) is 4.98 Å². The summed E-state index contributed by atoms with van der Waals surface area (Å²) in [5, 5.41) is 10.00. The quantitative estimate of drug-likeness (QED) is 0.400. The smallest absolute Gasteiger partial charge is 0.246 e. The molecular formula is C15H22IN5O3. The first-order valence-corrected chi connectivity index (χ1v) is 7.24. The van der Waals surface area contributed by atoms with Gasteiger partial charge in [-0.05, 0) is 26.0 Å². The van der Waals surface area contributed by atoms with Crippen LogP contribution in [0.2, 0.25) is 0 Å². The van der Waals surface area contributed by atoms with Gasteiger partial charge in [0.15, 0.2) is 23.3 Å². The third kappa shape index (κ3) is 5.55. The summed E-state index contributed by atoms with van der Waals surface area (Å²) in [7, 11) is 3.28. The molecule has 24 heavy (non-hydrogen) atoms. The van der Waals surface area contributed by atoms with Crippen molar-refractivity contribution in [2.75, 3.05) is 26.1 Å². The molecule has 0 saturated carbocycles. The molecule has 8 nitrogen and oxygen atoms in total. The summed E-state index contributed by atoms with van der Waals surface area (Å²) >= 11 is 0. The maximum absolute atomic E-state index is 5.50. The predicted molar refractivity (Wildman–Crippen MR) is 102 cm³/mol. The molecule has 9 heteroatoms. The average molecular weight is 447 g/mol. The highest BCUT2D eigenvalue weighted by Crippen LogP contribution is 2.30. The molecule has 0 atom stereocenters. The van der Waals surface area contributed by atoms with Gasteiger partial charge in [0.1, 0.15) is 0 Å². The first-order valence-electron chi connectivity index (χ1n) is 7.24. The van der Waals surface area contributed by atoms with Gasteiger partial charge in [-0.3, -0.25) is 4.99 Å². The Bertz CT molecular complexity index is 675. The lowest BCUT2D eigenvalue weighted by molar-refractivity contribution is 0.311. The largest absolute Gasteiger partial charge is 0.493 e. The Kier molecular flexibility index (Phi) is 8.30. The standard InChI is InChI=1S/C15H21N5O3.HI/c1-5-22-12-7-6-11(8-13(12)21-4)19-15(16-3)17-9-14-18-10(2)20-23-14;/h6-8H,5,9H2,1-4H3,(H2,16,17,19);1H. The fraction of sp³-hybridized carbons (Fsp3) is 0.400. The zero-order valence-electron chi connectivity index (χ0n) is 14.1. The van der Waals surface area contributed by atoms with Crippen molar-refractivity contribution < 1.29 is 14.0 Å². The van der Waals surface area contributed by atoms with Gasteiger partial charge >= 0.3 is 0 Å². The number of hydrogen-bond acceptors (Lipinski definition) is 6. The summed E-state index contributed by atoms with van der Waals surface area (Å²) in [5.74, 6) is 3.02. The average Bonchev–Trinajstić information content (AvgIpc) is 2.98. The van der Waals surface area contributed by atoms with Crippen LogP contribution in [0.15, 0.2) is 27.7 Å². The molecule has 0 radical (unpaired) electrons. The van der Waals surface area contributed by atoms with Crippen LogP contribution in [0.3, 0.4) is 0 Å². The third-order valence-electron chi connectivity index (χ3n) is 2.93. The van der Waals surface area contributed by atoms with Gasteiger partial charge in [0.25, 0.3) is 0 Å². The molecule has 2 aromatic rings. The number of ether oxygens (including phenoxy) is 2. The van der Waals surface area contributed by atoms with E-state index in [1.54, 1.807) is 21.1 Å². The molecule has 0 saturated heterocycles. The Morgan fingerprint density at radius 3 is 2.71 bits per heavy atom.